The Morgan fingerprint density at radius 1 is 1.40 bits per heavy atom. The lowest BCUT2D eigenvalue weighted by Gasteiger charge is -2.38. The van der Waals surface area contributed by atoms with Gasteiger partial charge < -0.3 is 15.2 Å². The second kappa shape index (κ2) is 7.74. The van der Waals surface area contributed by atoms with Gasteiger partial charge in [-0.25, -0.2) is 0 Å². The summed E-state index contributed by atoms with van der Waals surface area (Å²) in [5, 5.41) is 0. The Morgan fingerprint density at radius 2 is 2.15 bits per heavy atom. The summed E-state index contributed by atoms with van der Waals surface area (Å²) in [7, 11) is 1.72. The minimum atomic E-state index is 0.282. The number of hydrogen-bond donors (Lipinski definition) is 1. The summed E-state index contributed by atoms with van der Waals surface area (Å²) in [6.45, 7) is 6.20. The summed E-state index contributed by atoms with van der Waals surface area (Å²) < 4.78 is 10.9. The fourth-order valence-electron chi connectivity index (χ4n) is 2.77. The third-order valence-corrected chi connectivity index (χ3v) is 3.97. The SMILES string of the molecule is CCC1CN(C(CN)c2ccc(COC)cc2)CCO1. The molecule has 4 heteroatoms. The molecule has 0 spiro atoms. The average molecular weight is 278 g/mol. The Bertz CT molecular complexity index is 394. The van der Waals surface area contributed by atoms with Crippen LogP contribution in [0.4, 0.5) is 0 Å². The minimum absolute atomic E-state index is 0.282. The van der Waals surface area contributed by atoms with Gasteiger partial charge in [-0.1, -0.05) is 31.2 Å². The highest BCUT2D eigenvalue weighted by atomic mass is 16.5. The van der Waals surface area contributed by atoms with Gasteiger partial charge in [0, 0.05) is 32.8 Å². The Hall–Kier alpha value is -0.940. The van der Waals surface area contributed by atoms with Crippen molar-refractivity contribution in [3.05, 3.63) is 35.4 Å². The highest BCUT2D eigenvalue weighted by molar-refractivity contribution is 5.25. The molecule has 2 N–H and O–H groups in total. The van der Waals surface area contributed by atoms with Crippen molar-refractivity contribution < 1.29 is 9.47 Å². The topological polar surface area (TPSA) is 47.7 Å². The predicted molar refractivity (Wildman–Crippen MR) is 80.6 cm³/mol. The maximum atomic E-state index is 6.01. The van der Waals surface area contributed by atoms with Crippen molar-refractivity contribution in [3.63, 3.8) is 0 Å². The normalized spacial score (nSPS) is 21.9. The van der Waals surface area contributed by atoms with E-state index in [9.17, 15) is 0 Å². The van der Waals surface area contributed by atoms with E-state index in [4.69, 9.17) is 15.2 Å². The first-order valence-corrected chi connectivity index (χ1v) is 7.42. The summed E-state index contributed by atoms with van der Waals surface area (Å²) in [4.78, 5) is 2.45. The van der Waals surface area contributed by atoms with Gasteiger partial charge >= 0.3 is 0 Å². The van der Waals surface area contributed by atoms with Gasteiger partial charge in [0.05, 0.1) is 19.3 Å². The molecule has 1 aromatic carbocycles. The Kier molecular flexibility index (Phi) is 5.98. The van der Waals surface area contributed by atoms with E-state index in [1.165, 1.54) is 11.1 Å². The number of hydrogen-bond acceptors (Lipinski definition) is 4. The maximum Gasteiger partial charge on any atom is 0.0713 e. The molecular formula is C16H26N2O2. The summed E-state index contributed by atoms with van der Waals surface area (Å²) in [5.41, 5.74) is 8.49. The van der Waals surface area contributed by atoms with Gasteiger partial charge in [-0.3, -0.25) is 4.90 Å². The minimum Gasteiger partial charge on any atom is -0.380 e. The van der Waals surface area contributed by atoms with Crippen molar-refractivity contribution in [2.45, 2.75) is 32.1 Å². The van der Waals surface area contributed by atoms with E-state index >= 15 is 0 Å². The van der Waals surface area contributed by atoms with E-state index in [1.807, 2.05) is 0 Å². The molecule has 0 radical (unpaired) electrons. The Balaban J connectivity index is 2.06. The van der Waals surface area contributed by atoms with Crippen LogP contribution in [0.15, 0.2) is 24.3 Å². The summed E-state index contributed by atoms with van der Waals surface area (Å²) in [6, 6.07) is 8.87. The van der Waals surface area contributed by atoms with Crippen LogP contribution in [0.5, 0.6) is 0 Å². The van der Waals surface area contributed by atoms with Crippen LogP contribution in [0, 0.1) is 0 Å². The molecule has 1 heterocycles. The second-order valence-corrected chi connectivity index (χ2v) is 5.32. The molecule has 0 bridgehead atoms. The quantitative estimate of drug-likeness (QED) is 0.864. The second-order valence-electron chi connectivity index (χ2n) is 5.32. The van der Waals surface area contributed by atoms with Gasteiger partial charge in [-0.05, 0) is 17.5 Å². The largest absolute Gasteiger partial charge is 0.380 e. The van der Waals surface area contributed by atoms with E-state index in [0.717, 1.165) is 26.1 Å². The first-order valence-electron chi connectivity index (χ1n) is 7.42. The summed E-state index contributed by atoms with van der Waals surface area (Å²) in [6.07, 6.45) is 1.39. The highest BCUT2D eigenvalue weighted by Gasteiger charge is 2.25. The zero-order valence-electron chi connectivity index (χ0n) is 12.5. The van der Waals surface area contributed by atoms with Crippen LogP contribution in [-0.4, -0.2) is 44.4 Å². The molecule has 2 rings (SSSR count). The molecule has 2 atom stereocenters. The van der Waals surface area contributed by atoms with Crippen LogP contribution in [-0.2, 0) is 16.1 Å². The van der Waals surface area contributed by atoms with E-state index in [-0.39, 0.29) is 6.04 Å². The van der Waals surface area contributed by atoms with E-state index in [2.05, 4.69) is 36.1 Å². The molecule has 1 aliphatic heterocycles. The molecule has 0 amide bonds. The number of nitrogens with zero attached hydrogens (tertiary/aromatic N) is 1. The molecule has 1 aliphatic rings. The third kappa shape index (κ3) is 3.79. The lowest BCUT2D eigenvalue weighted by atomic mass is 10.0. The highest BCUT2D eigenvalue weighted by Crippen LogP contribution is 2.23. The molecule has 0 saturated carbocycles. The van der Waals surface area contributed by atoms with E-state index in [1.54, 1.807) is 7.11 Å². The van der Waals surface area contributed by atoms with E-state index in [0.29, 0.717) is 19.3 Å². The van der Waals surface area contributed by atoms with Crippen LogP contribution < -0.4 is 5.73 Å². The standard InChI is InChI=1S/C16H26N2O2/c1-3-15-11-18(8-9-20-15)16(10-17)14-6-4-13(5-7-14)12-19-2/h4-7,15-16H,3,8-12,17H2,1-2H3. The number of ether oxygens (including phenoxy) is 2. The molecule has 4 nitrogen and oxygen atoms in total. The van der Waals surface area contributed by atoms with Crippen LogP contribution in [0.3, 0.4) is 0 Å². The van der Waals surface area contributed by atoms with Crippen molar-refractivity contribution in [1.29, 1.82) is 0 Å². The van der Waals surface area contributed by atoms with E-state index < -0.39 is 0 Å². The summed E-state index contributed by atoms with van der Waals surface area (Å²) >= 11 is 0. The maximum absolute atomic E-state index is 6.01. The average Bonchev–Trinajstić information content (AvgIpc) is 2.50. The molecule has 1 aromatic rings. The van der Waals surface area contributed by atoms with Crippen molar-refractivity contribution in [3.8, 4) is 0 Å². The monoisotopic (exact) mass is 278 g/mol. The smallest absolute Gasteiger partial charge is 0.0713 e. The van der Waals surface area contributed by atoms with Gasteiger partial charge in [-0.15, -0.1) is 0 Å². The molecule has 1 fully saturated rings. The fourth-order valence-corrected chi connectivity index (χ4v) is 2.77. The van der Waals surface area contributed by atoms with Crippen LogP contribution in [0.2, 0.25) is 0 Å². The van der Waals surface area contributed by atoms with Crippen molar-refractivity contribution in [1.82, 2.24) is 4.90 Å². The van der Waals surface area contributed by atoms with Gasteiger partial charge in [0.1, 0.15) is 0 Å². The van der Waals surface area contributed by atoms with Gasteiger partial charge in [0.15, 0.2) is 0 Å². The van der Waals surface area contributed by atoms with Crippen LogP contribution in [0.1, 0.15) is 30.5 Å². The summed E-state index contributed by atoms with van der Waals surface area (Å²) in [5.74, 6) is 0. The molecule has 20 heavy (non-hydrogen) atoms. The molecule has 112 valence electrons. The lowest BCUT2D eigenvalue weighted by Crippen LogP contribution is -2.46. The number of nitrogens with two attached hydrogens (primary N) is 1. The first kappa shape index (κ1) is 15.4. The van der Waals surface area contributed by atoms with Crippen molar-refractivity contribution in [2.75, 3.05) is 33.4 Å². The lowest BCUT2D eigenvalue weighted by molar-refractivity contribution is -0.0437. The zero-order valence-corrected chi connectivity index (χ0v) is 12.5. The first-order chi connectivity index (χ1) is 9.78. The van der Waals surface area contributed by atoms with Gasteiger partial charge in [-0.2, -0.15) is 0 Å². The van der Waals surface area contributed by atoms with Crippen LogP contribution >= 0.6 is 0 Å². The Labute approximate surface area is 121 Å². The molecule has 0 aliphatic carbocycles. The number of benzene rings is 1. The van der Waals surface area contributed by atoms with Crippen molar-refractivity contribution >= 4 is 0 Å². The third-order valence-electron chi connectivity index (χ3n) is 3.97. The predicted octanol–water partition coefficient (Wildman–Crippen LogP) is 1.94. The zero-order chi connectivity index (χ0) is 14.4. The van der Waals surface area contributed by atoms with Gasteiger partial charge in [0.25, 0.3) is 0 Å². The molecule has 1 saturated heterocycles. The van der Waals surface area contributed by atoms with Crippen molar-refractivity contribution in [2.24, 2.45) is 5.73 Å². The van der Waals surface area contributed by atoms with Crippen LogP contribution in [0.25, 0.3) is 0 Å². The molecule has 2 unspecified atom stereocenters. The molecular weight excluding hydrogens is 252 g/mol. The fraction of sp³-hybridized carbons (Fsp3) is 0.625. The number of rotatable bonds is 6. The number of methoxy groups -OCH3 is 1. The van der Waals surface area contributed by atoms with Gasteiger partial charge in [0.2, 0.25) is 0 Å². The molecule has 0 aromatic heterocycles. The Morgan fingerprint density at radius 3 is 2.75 bits per heavy atom. The number of morpholine rings is 1.